The summed E-state index contributed by atoms with van der Waals surface area (Å²) in [5.41, 5.74) is 4.86. The first-order valence-corrected chi connectivity index (χ1v) is 18.8. The Morgan fingerprint density at radius 2 is 1.71 bits per heavy atom. The van der Waals surface area contributed by atoms with Gasteiger partial charge in [-0.15, -0.1) is 0 Å². The molecule has 6 atom stereocenters. The van der Waals surface area contributed by atoms with E-state index >= 15 is 0 Å². The predicted octanol–water partition coefficient (Wildman–Crippen LogP) is 5.51. The lowest BCUT2D eigenvalue weighted by Crippen LogP contribution is -2.64. The van der Waals surface area contributed by atoms with Crippen molar-refractivity contribution in [3.8, 4) is 0 Å². The third-order valence-electron chi connectivity index (χ3n) is 10.6. The molecule has 0 amide bonds. The Bertz CT molecular complexity index is 1350. The average molecular weight is 639 g/mol. The molecule has 9 heteroatoms. The van der Waals surface area contributed by atoms with Crippen LogP contribution in [0.25, 0.3) is 0 Å². The van der Waals surface area contributed by atoms with Crippen LogP contribution in [-0.2, 0) is 26.1 Å². The van der Waals surface area contributed by atoms with Crippen molar-refractivity contribution in [2.75, 3.05) is 13.2 Å². The van der Waals surface area contributed by atoms with Gasteiger partial charge in [0.2, 0.25) is 10.0 Å². The predicted molar refractivity (Wildman–Crippen MR) is 179 cm³/mol. The second-order valence-electron chi connectivity index (χ2n) is 14.5. The maximum atomic E-state index is 13.9. The number of sulfonamides is 1. The summed E-state index contributed by atoms with van der Waals surface area (Å²) in [5, 5.41) is 6.69. The molecule has 2 aliphatic heterocycles. The number of hydrogen-bond acceptors (Lipinski definition) is 7. The fraction of sp³-hybridized carbons (Fsp3) is 0.667. The maximum absolute atomic E-state index is 13.9. The Morgan fingerprint density at radius 1 is 0.956 bits per heavy atom. The first kappa shape index (κ1) is 33.1. The van der Waals surface area contributed by atoms with Gasteiger partial charge in [0.05, 0.1) is 24.6 Å². The Hall–Kier alpha value is -1.85. The van der Waals surface area contributed by atoms with E-state index in [4.69, 9.17) is 9.47 Å². The van der Waals surface area contributed by atoms with Crippen LogP contribution in [0, 0.1) is 25.7 Å². The zero-order valence-corrected chi connectivity index (χ0v) is 28.4. The second kappa shape index (κ2) is 14.5. The molecule has 2 aromatic rings. The van der Waals surface area contributed by atoms with E-state index in [0.717, 1.165) is 45.1 Å². The molecule has 6 rings (SSSR count). The summed E-state index contributed by atoms with van der Waals surface area (Å²) < 4.78 is 43.8. The van der Waals surface area contributed by atoms with Gasteiger partial charge < -0.3 is 9.47 Å². The van der Waals surface area contributed by atoms with E-state index < -0.39 is 16.3 Å². The van der Waals surface area contributed by atoms with Gasteiger partial charge in [-0.1, -0.05) is 68.8 Å². The number of nitrogens with zero attached hydrogens (tertiary/aromatic N) is 1. The Morgan fingerprint density at radius 3 is 2.44 bits per heavy atom. The molecular weight excluding hydrogens is 584 g/mol. The first-order valence-electron chi connectivity index (χ1n) is 17.3. The van der Waals surface area contributed by atoms with Gasteiger partial charge in [0, 0.05) is 31.1 Å². The van der Waals surface area contributed by atoms with Gasteiger partial charge in [0.25, 0.3) is 0 Å². The summed E-state index contributed by atoms with van der Waals surface area (Å²) in [6.07, 6.45) is 6.64. The summed E-state index contributed by atoms with van der Waals surface area (Å²) in [6.45, 7) is 11.1. The molecule has 4 bridgehead atoms. The van der Waals surface area contributed by atoms with Crippen LogP contribution in [0.2, 0.25) is 0 Å². The largest absolute Gasteiger partial charge is 0.373 e. The van der Waals surface area contributed by atoms with Gasteiger partial charge in [0.1, 0.15) is 12.5 Å². The van der Waals surface area contributed by atoms with Crippen molar-refractivity contribution in [3.63, 3.8) is 0 Å². The van der Waals surface area contributed by atoms with Crippen molar-refractivity contribution in [2.24, 2.45) is 11.8 Å². The lowest BCUT2D eigenvalue weighted by Gasteiger charge is -2.48. The fourth-order valence-electron chi connectivity index (χ4n) is 8.20. The van der Waals surface area contributed by atoms with Crippen LogP contribution in [-0.4, -0.2) is 62.4 Å². The van der Waals surface area contributed by atoms with E-state index in [1.807, 2.05) is 6.07 Å². The molecule has 2 saturated heterocycles. The molecule has 0 spiro atoms. The summed E-state index contributed by atoms with van der Waals surface area (Å²) in [6, 6.07) is 17.4. The highest BCUT2D eigenvalue weighted by Crippen LogP contribution is 2.37. The van der Waals surface area contributed by atoms with E-state index in [0.29, 0.717) is 43.9 Å². The van der Waals surface area contributed by atoms with Crippen molar-refractivity contribution in [3.05, 3.63) is 70.8 Å². The molecule has 4 aliphatic rings. The molecule has 5 unspecified atom stereocenters. The second-order valence-corrected chi connectivity index (χ2v) is 16.5. The van der Waals surface area contributed by atoms with Crippen molar-refractivity contribution >= 4 is 10.0 Å². The number of hydrogen-bond donors (Lipinski definition) is 3. The van der Waals surface area contributed by atoms with Crippen LogP contribution in [0.1, 0.15) is 93.5 Å². The van der Waals surface area contributed by atoms with Crippen molar-refractivity contribution in [1.29, 1.82) is 0 Å². The minimum Gasteiger partial charge on any atom is -0.373 e. The molecule has 2 saturated carbocycles. The van der Waals surface area contributed by atoms with Crippen LogP contribution in [0.4, 0.5) is 0 Å². The molecule has 2 aromatic carbocycles. The average Bonchev–Trinajstić information content (AvgIpc) is 2.98. The lowest BCUT2D eigenvalue weighted by atomic mass is 9.82. The lowest BCUT2D eigenvalue weighted by molar-refractivity contribution is -0.0974. The molecule has 0 aromatic heterocycles. The zero-order chi connectivity index (χ0) is 31.6. The molecule has 0 radical (unpaired) electrons. The number of rotatable bonds is 7. The summed E-state index contributed by atoms with van der Waals surface area (Å²) in [4.78, 5) is 2.70. The smallest absolute Gasteiger partial charge is 0.216 e. The van der Waals surface area contributed by atoms with Crippen LogP contribution in [0.5, 0.6) is 0 Å². The Kier molecular flexibility index (Phi) is 10.7. The van der Waals surface area contributed by atoms with Gasteiger partial charge in [-0.2, -0.15) is 4.72 Å². The normalized spacial score (nSPS) is 34.2. The maximum Gasteiger partial charge on any atom is 0.216 e. The molecule has 8 nitrogen and oxygen atoms in total. The minimum atomic E-state index is -3.54. The van der Waals surface area contributed by atoms with Crippen molar-refractivity contribution in [1.82, 2.24) is 20.3 Å². The van der Waals surface area contributed by atoms with Crippen molar-refractivity contribution in [2.45, 2.75) is 128 Å². The molecule has 45 heavy (non-hydrogen) atoms. The Labute approximate surface area is 271 Å². The van der Waals surface area contributed by atoms with Crippen LogP contribution >= 0.6 is 0 Å². The molecule has 2 heterocycles. The monoisotopic (exact) mass is 638 g/mol. The number of aryl methyl sites for hydroxylation is 2. The highest BCUT2D eigenvalue weighted by molar-refractivity contribution is 7.90. The van der Waals surface area contributed by atoms with E-state index in [1.54, 1.807) is 0 Å². The van der Waals surface area contributed by atoms with Gasteiger partial charge in [0.15, 0.2) is 0 Å². The van der Waals surface area contributed by atoms with E-state index in [2.05, 4.69) is 90.4 Å². The van der Waals surface area contributed by atoms with Crippen LogP contribution in [0.15, 0.2) is 48.5 Å². The standard InChI is InChI=1S/C36H54N4O4S/c1-24(2)16-30-23-44-34-20-33(35-25(3)10-8-11-26(35)4)37-36(38-34)39-45(41,42)32-15-9-14-28(17-32)21-40(30)29-18-31(19-29)43-22-27-12-6-5-7-13-27/h5-8,10-13,24,28-34,36-39H,9,14-23H2,1-4H3/t28?,29?,30-,31?,32?,33?,34?,36?/m1/s1. The Balaban J connectivity index is 1.24. The molecule has 2 aliphatic carbocycles. The minimum absolute atomic E-state index is 0.0248. The molecular formula is C36H54N4O4S. The van der Waals surface area contributed by atoms with E-state index in [9.17, 15) is 8.42 Å². The van der Waals surface area contributed by atoms with Gasteiger partial charge in [-0.05, 0) is 86.5 Å². The third-order valence-corrected chi connectivity index (χ3v) is 12.4. The highest BCUT2D eigenvalue weighted by Gasteiger charge is 2.42. The van der Waals surface area contributed by atoms with Crippen molar-refractivity contribution < 1.29 is 17.9 Å². The summed E-state index contributed by atoms with van der Waals surface area (Å²) >= 11 is 0. The van der Waals surface area contributed by atoms with E-state index in [1.165, 1.54) is 22.3 Å². The topological polar surface area (TPSA) is 91.9 Å². The number of benzene rings is 2. The molecule has 3 N–H and O–H groups in total. The van der Waals surface area contributed by atoms with Gasteiger partial charge in [-0.3, -0.25) is 15.5 Å². The zero-order valence-electron chi connectivity index (χ0n) is 27.6. The fourth-order valence-corrected chi connectivity index (χ4v) is 9.86. The summed E-state index contributed by atoms with van der Waals surface area (Å²) in [7, 11) is -3.54. The molecule has 248 valence electrons. The third kappa shape index (κ3) is 8.18. The number of nitrogens with one attached hydrogen (secondary N) is 3. The van der Waals surface area contributed by atoms with Crippen LogP contribution in [0.3, 0.4) is 0 Å². The quantitative estimate of drug-likeness (QED) is 0.369. The van der Waals surface area contributed by atoms with Gasteiger partial charge in [-0.25, -0.2) is 8.42 Å². The van der Waals surface area contributed by atoms with E-state index in [-0.39, 0.29) is 29.7 Å². The SMILES string of the molecule is Cc1cccc(C)c1C1CC2NC(N1)NS(=O)(=O)C1CCCC(C1)CN(C1CC(OCc3ccccc3)C1)[C@H](CC(C)C)CO2. The highest BCUT2D eigenvalue weighted by atomic mass is 32.2. The number of ether oxygens (including phenoxy) is 2. The van der Waals surface area contributed by atoms with Gasteiger partial charge >= 0.3 is 0 Å². The summed E-state index contributed by atoms with van der Waals surface area (Å²) in [5.74, 6) is 0.877. The molecule has 4 fully saturated rings. The van der Waals surface area contributed by atoms with Crippen LogP contribution < -0.4 is 15.4 Å². The first-order chi connectivity index (χ1) is 21.6. The number of fused-ring (bicyclic) bond motifs is 4.